The molecule has 0 saturated heterocycles. The largest absolute Gasteiger partial charge is 0.497 e. The van der Waals surface area contributed by atoms with Crippen LogP contribution < -0.4 is 15.2 Å². The highest BCUT2D eigenvalue weighted by molar-refractivity contribution is 8.01. The molecule has 5 rings (SSSR count). The van der Waals surface area contributed by atoms with E-state index in [2.05, 4.69) is 18.2 Å². The van der Waals surface area contributed by atoms with Gasteiger partial charge in [0.1, 0.15) is 23.1 Å². The summed E-state index contributed by atoms with van der Waals surface area (Å²) in [4.78, 5) is 5.74. The second-order valence-corrected chi connectivity index (χ2v) is 9.30. The van der Waals surface area contributed by atoms with E-state index in [1.807, 2.05) is 54.6 Å². The van der Waals surface area contributed by atoms with Crippen LogP contribution in [0.2, 0.25) is 0 Å². The molecule has 0 spiro atoms. The van der Waals surface area contributed by atoms with Crippen LogP contribution in [0.15, 0.2) is 87.4 Å². The van der Waals surface area contributed by atoms with Crippen molar-refractivity contribution in [1.82, 2.24) is 4.98 Å². The molecule has 5 nitrogen and oxygen atoms in total. The first-order chi connectivity index (χ1) is 15.2. The molecule has 0 saturated carbocycles. The Kier molecular flexibility index (Phi) is 5.02. The zero-order valence-electron chi connectivity index (χ0n) is 16.5. The third-order valence-electron chi connectivity index (χ3n) is 5.12. The molecule has 2 N–H and O–H groups in total. The van der Waals surface area contributed by atoms with E-state index in [-0.39, 0.29) is 11.8 Å². The molecule has 0 amide bonds. The Morgan fingerprint density at radius 1 is 1.13 bits per heavy atom. The lowest BCUT2D eigenvalue weighted by Crippen LogP contribution is -2.21. The van der Waals surface area contributed by atoms with Crippen molar-refractivity contribution < 1.29 is 9.47 Å². The number of nitriles is 1. The maximum atomic E-state index is 9.80. The number of hydrogen-bond acceptors (Lipinski definition) is 7. The molecule has 0 aliphatic carbocycles. The van der Waals surface area contributed by atoms with Crippen molar-refractivity contribution in [2.24, 2.45) is 5.73 Å². The summed E-state index contributed by atoms with van der Waals surface area (Å²) in [6, 6.07) is 24.0. The average Bonchev–Trinajstić information content (AvgIpc) is 3.21. The maximum absolute atomic E-state index is 9.80. The first-order valence-electron chi connectivity index (χ1n) is 9.55. The van der Waals surface area contributed by atoms with Crippen LogP contribution >= 0.6 is 23.1 Å². The molecule has 1 unspecified atom stereocenters. The van der Waals surface area contributed by atoms with Gasteiger partial charge in [0.15, 0.2) is 4.34 Å². The molecular formula is C24H17N3O2S2. The number of nitrogens with two attached hydrogens (primary N) is 1. The SMILES string of the molecule is COc1ccc(C2C(C#N)=C(N)Oc3ccc(Sc4nc5ccccc5s4)cc32)cc1. The van der Waals surface area contributed by atoms with Crippen molar-refractivity contribution >= 4 is 33.3 Å². The molecule has 0 bridgehead atoms. The number of para-hydroxylation sites is 1. The number of nitrogens with zero attached hydrogens (tertiary/aromatic N) is 2. The fourth-order valence-electron chi connectivity index (χ4n) is 3.64. The van der Waals surface area contributed by atoms with Crippen LogP contribution in [0.25, 0.3) is 10.2 Å². The van der Waals surface area contributed by atoms with Gasteiger partial charge in [-0.3, -0.25) is 0 Å². The van der Waals surface area contributed by atoms with E-state index in [1.165, 1.54) is 0 Å². The van der Waals surface area contributed by atoms with Crippen LogP contribution in [0.3, 0.4) is 0 Å². The zero-order valence-corrected chi connectivity index (χ0v) is 18.2. The highest BCUT2D eigenvalue weighted by atomic mass is 32.2. The molecule has 7 heteroatoms. The van der Waals surface area contributed by atoms with E-state index >= 15 is 0 Å². The van der Waals surface area contributed by atoms with E-state index in [4.69, 9.17) is 20.2 Å². The zero-order chi connectivity index (χ0) is 21.4. The summed E-state index contributed by atoms with van der Waals surface area (Å²) in [6.07, 6.45) is 0. The van der Waals surface area contributed by atoms with Crippen molar-refractivity contribution in [2.75, 3.05) is 7.11 Å². The Balaban J connectivity index is 1.56. The van der Waals surface area contributed by atoms with Crippen molar-refractivity contribution in [1.29, 1.82) is 5.26 Å². The Hall–Kier alpha value is -3.47. The molecule has 1 aromatic heterocycles. The lowest BCUT2D eigenvalue weighted by Gasteiger charge is -2.27. The third-order valence-corrected chi connectivity index (χ3v) is 7.20. The topological polar surface area (TPSA) is 81.2 Å². The molecule has 1 atom stereocenters. The van der Waals surface area contributed by atoms with Crippen molar-refractivity contribution in [3.8, 4) is 17.6 Å². The Morgan fingerprint density at radius 2 is 1.94 bits per heavy atom. The van der Waals surface area contributed by atoms with Gasteiger partial charge in [0.25, 0.3) is 0 Å². The van der Waals surface area contributed by atoms with Crippen molar-refractivity contribution in [2.45, 2.75) is 15.2 Å². The molecule has 3 aromatic carbocycles. The maximum Gasteiger partial charge on any atom is 0.205 e. The smallest absolute Gasteiger partial charge is 0.205 e. The second kappa shape index (κ2) is 7.99. The number of allylic oxidation sites excluding steroid dienone is 1. The van der Waals surface area contributed by atoms with Crippen LogP contribution in [0.1, 0.15) is 17.0 Å². The van der Waals surface area contributed by atoms with Crippen molar-refractivity contribution in [3.05, 3.63) is 89.3 Å². The predicted octanol–water partition coefficient (Wildman–Crippen LogP) is 5.67. The summed E-state index contributed by atoms with van der Waals surface area (Å²) in [5, 5.41) is 9.80. The quantitative estimate of drug-likeness (QED) is 0.437. The minimum absolute atomic E-state index is 0.141. The van der Waals surface area contributed by atoms with E-state index in [9.17, 15) is 5.26 Å². The highest BCUT2D eigenvalue weighted by Crippen LogP contribution is 2.45. The van der Waals surface area contributed by atoms with E-state index in [0.717, 1.165) is 36.3 Å². The van der Waals surface area contributed by atoms with E-state index in [0.29, 0.717) is 11.3 Å². The van der Waals surface area contributed by atoms with Crippen LogP contribution in [0.5, 0.6) is 11.5 Å². The fraction of sp³-hybridized carbons (Fsp3) is 0.0833. The number of aromatic nitrogens is 1. The van der Waals surface area contributed by atoms with Gasteiger partial charge in [-0.25, -0.2) is 4.98 Å². The van der Waals surface area contributed by atoms with Crippen LogP contribution in [-0.4, -0.2) is 12.1 Å². The molecule has 2 heterocycles. The molecule has 4 aromatic rings. The van der Waals surface area contributed by atoms with Crippen LogP contribution in [0.4, 0.5) is 0 Å². The Bertz CT molecular complexity index is 1320. The first-order valence-corrected chi connectivity index (χ1v) is 11.2. The lowest BCUT2D eigenvalue weighted by atomic mass is 9.83. The molecule has 152 valence electrons. The van der Waals surface area contributed by atoms with Gasteiger partial charge in [0.2, 0.25) is 5.88 Å². The minimum Gasteiger partial charge on any atom is -0.497 e. The predicted molar refractivity (Wildman–Crippen MR) is 122 cm³/mol. The third kappa shape index (κ3) is 3.61. The fourth-order valence-corrected chi connectivity index (χ4v) is 5.73. The van der Waals surface area contributed by atoms with Crippen LogP contribution in [0, 0.1) is 11.3 Å². The van der Waals surface area contributed by atoms with Gasteiger partial charge in [0, 0.05) is 10.5 Å². The van der Waals surface area contributed by atoms with Gasteiger partial charge in [-0.1, -0.05) is 36.0 Å². The molecule has 31 heavy (non-hydrogen) atoms. The molecule has 1 aliphatic heterocycles. The monoisotopic (exact) mass is 443 g/mol. The van der Waals surface area contributed by atoms with Gasteiger partial charge < -0.3 is 15.2 Å². The number of ether oxygens (including phenoxy) is 2. The number of hydrogen-bond donors (Lipinski definition) is 1. The minimum atomic E-state index is -0.310. The first kappa shape index (κ1) is 19.5. The average molecular weight is 444 g/mol. The number of rotatable bonds is 4. The normalized spacial score (nSPS) is 15.3. The van der Waals surface area contributed by atoms with Crippen LogP contribution in [-0.2, 0) is 0 Å². The summed E-state index contributed by atoms with van der Waals surface area (Å²) >= 11 is 3.26. The van der Waals surface area contributed by atoms with Gasteiger partial charge in [-0.2, -0.15) is 5.26 Å². The molecular weight excluding hydrogens is 426 g/mol. The van der Waals surface area contributed by atoms with E-state index in [1.54, 1.807) is 30.2 Å². The Labute approximate surface area is 187 Å². The van der Waals surface area contributed by atoms with Gasteiger partial charge >= 0.3 is 0 Å². The summed E-state index contributed by atoms with van der Waals surface area (Å²) in [6.45, 7) is 0. The summed E-state index contributed by atoms with van der Waals surface area (Å²) < 4.78 is 13.2. The standard InChI is InChI=1S/C24H17N3O2S2/c1-28-15-8-6-14(7-9-15)22-17-12-16(10-11-20(17)29-23(26)18(22)13-25)30-24-27-19-4-2-3-5-21(19)31-24/h2-12,22H,26H2,1H3. The summed E-state index contributed by atoms with van der Waals surface area (Å²) in [7, 11) is 1.63. The molecule has 0 radical (unpaired) electrons. The van der Waals surface area contributed by atoms with Gasteiger partial charge in [0.05, 0.1) is 23.2 Å². The number of methoxy groups -OCH3 is 1. The molecule has 0 fully saturated rings. The van der Waals surface area contributed by atoms with Gasteiger partial charge in [-0.15, -0.1) is 11.3 Å². The van der Waals surface area contributed by atoms with Crippen molar-refractivity contribution in [3.63, 3.8) is 0 Å². The second-order valence-electron chi connectivity index (χ2n) is 6.95. The van der Waals surface area contributed by atoms with E-state index < -0.39 is 0 Å². The number of thiazole rings is 1. The lowest BCUT2D eigenvalue weighted by molar-refractivity contribution is 0.393. The van der Waals surface area contributed by atoms with Gasteiger partial charge in [-0.05, 0) is 48.0 Å². The summed E-state index contributed by atoms with van der Waals surface area (Å²) in [5.41, 5.74) is 9.34. The number of fused-ring (bicyclic) bond motifs is 2. The highest BCUT2D eigenvalue weighted by Gasteiger charge is 2.31. The summed E-state index contributed by atoms with van der Waals surface area (Å²) in [5.74, 6) is 1.25. The number of benzene rings is 3. The Morgan fingerprint density at radius 3 is 2.68 bits per heavy atom. The molecule has 1 aliphatic rings.